The minimum Gasteiger partial charge on any atom is -0.452 e. The van der Waals surface area contributed by atoms with Crippen LogP contribution in [0, 0.1) is 0 Å². The largest absolute Gasteiger partial charge is 0.452 e. The van der Waals surface area contributed by atoms with Crippen LogP contribution < -0.4 is 9.47 Å². The second kappa shape index (κ2) is 5.20. The molecule has 0 atom stereocenters. The van der Waals surface area contributed by atoms with Crippen LogP contribution in [0.15, 0.2) is 48.5 Å². The number of rotatable bonds is 2. The highest BCUT2D eigenvalue weighted by atomic mass is 16.5. The van der Waals surface area contributed by atoms with E-state index in [1.165, 1.54) is 13.0 Å². The number of carbonyl (C=O) groups is 2. The van der Waals surface area contributed by atoms with Crippen molar-refractivity contribution in [3.05, 3.63) is 59.6 Å². The molecule has 1 aliphatic rings. The van der Waals surface area contributed by atoms with Crippen LogP contribution in [0.5, 0.6) is 11.5 Å². The Hall–Kier alpha value is -2.95. The zero-order valence-electron chi connectivity index (χ0n) is 11.2. The quantitative estimate of drug-likeness (QED) is 0.481. The third-order valence-electron chi connectivity index (χ3n) is 2.91. The van der Waals surface area contributed by atoms with Gasteiger partial charge in [0, 0.05) is 25.4 Å². The van der Waals surface area contributed by atoms with Gasteiger partial charge in [-0.25, -0.2) is 0 Å². The summed E-state index contributed by atoms with van der Waals surface area (Å²) in [6.07, 6.45) is 4.92. The van der Waals surface area contributed by atoms with Gasteiger partial charge in [0.15, 0.2) is 5.76 Å². The second-order valence-electron chi connectivity index (χ2n) is 4.47. The molecule has 0 unspecified atom stereocenters. The van der Waals surface area contributed by atoms with E-state index in [9.17, 15) is 9.59 Å². The van der Waals surface area contributed by atoms with E-state index in [-0.39, 0.29) is 11.5 Å². The van der Waals surface area contributed by atoms with E-state index in [0.29, 0.717) is 17.1 Å². The van der Waals surface area contributed by atoms with Crippen LogP contribution in [-0.4, -0.2) is 16.7 Å². The van der Waals surface area contributed by atoms with Crippen molar-refractivity contribution in [3.8, 4) is 11.5 Å². The van der Waals surface area contributed by atoms with Gasteiger partial charge in [0.05, 0.1) is 5.56 Å². The number of hydrogen-bond donors (Lipinski definition) is 0. The smallest absolute Gasteiger partial charge is 0.308 e. The first kappa shape index (κ1) is 13.1. The maximum atomic E-state index is 12.2. The lowest BCUT2D eigenvalue weighted by Crippen LogP contribution is -2.01. The first-order valence-corrected chi connectivity index (χ1v) is 6.30. The molecular formula is C16H11NO4. The van der Waals surface area contributed by atoms with Crippen molar-refractivity contribution in [2.45, 2.75) is 6.92 Å². The number of benzene rings is 1. The molecule has 2 heterocycles. The van der Waals surface area contributed by atoms with Crippen LogP contribution >= 0.6 is 0 Å². The average molecular weight is 281 g/mol. The van der Waals surface area contributed by atoms with Gasteiger partial charge in [-0.05, 0) is 35.9 Å². The Kier molecular flexibility index (Phi) is 3.23. The van der Waals surface area contributed by atoms with E-state index in [2.05, 4.69) is 4.98 Å². The number of aromatic nitrogens is 1. The summed E-state index contributed by atoms with van der Waals surface area (Å²) in [7, 11) is 0. The first-order chi connectivity index (χ1) is 10.1. The number of ketones is 1. The zero-order valence-corrected chi connectivity index (χ0v) is 11.2. The predicted octanol–water partition coefficient (Wildman–Crippen LogP) is 2.62. The number of fused-ring (bicyclic) bond motifs is 1. The number of allylic oxidation sites excluding steroid dienone is 1. The van der Waals surface area contributed by atoms with Crippen LogP contribution in [0.2, 0.25) is 0 Å². The lowest BCUT2D eigenvalue weighted by atomic mass is 10.1. The molecule has 0 radical (unpaired) electrons. The van der Waals surface area contributed by atoms with Crippen LogP contribution in [0.4, 0.5) is 0 Å². The number of hydrogen-bond acceptors (Lipinski definition) is 5. The monoisotopic (exact) mass is 281 g/mol. The van der Waals surface area contributed by atoms with Crippen molar-refractivity contribution in [2.75, 3.05) is 0 Å². The van der Waals surface area contributed by atoms with Crippen LogP contribution in [0.25, 0.3) is 6.08 Å². The molecule has 0 N–H and O–H groups in total. The summed E-state index contributed by atoms with van der Waals surface area (Å²) in [5.41, 5.74) is 1.27. The van der Waals surface area contributed by atoms with Crippen molar-refractivity contribution in [3.63, 3.8) is 0 Å². The molecule has 1 aromatic heterocycles. The minimum atomic E-state index is -0.424. The van der Waals surface area contributed by atoms with Crippen molar-refractivity contribution in [2.24, 2.45) is 0 Å². The maximum absolute atomic E-state index is 12.2. The van der Waals surface area contributed by atoms with E-state index >= 15 is 0 Å². The number of ether oxygens (including phenoxy) is 2. The van der Waals surface area contributed by atoms with E-state index in [0.717, 1.165) is 5.56 Å². The van der Waals surface area contributed by atoms with Gasteiger partial charge in [0.1, 0.15) is 11.5 Å². The van der Waals surface area contributed by atoms with Gasteiger partial charge < -0.3 is 9.47 Å². The van der Waals surface area contributed by atoms with Crippen LogP contribution in [0.1, 0.15) is 22.8 Å². The average Bonchev–Trinajstić information content (AvgIpc) is 2.75. The molecule has 0 bridgehead atoms. The van der Waals surface area contributed by atoms with Gasteiger partial charge >= 0.3 is 5.97 Å². The zero-order chi connectivity index (χ0) is 14.8. The molecule has 3 rings (SSSR count). The lowest BCUT2D eigenvalue weighted by Gasteiger charge is -2.02. The highest BCUT2D eigenvalue weighted by molar-refractivity contribution is 6.14. The molecule has 21 heavy (non-hydrogen) atoms. The van der Waals surface area contributed by atoms with E-state index in [4.69, 9.17) is 9.47 Å². The molecule has 0 saturated carbocycles. The highest BCUT2D eigenvalue weighted by Crippen LogP contribution is 2.34. The molecule has 0 spiro atoms. The first-order valence-electron chi connectivity index (χ1n) is 6.30. The fraction of sp³-hybridized carbons (Fsp3) is 0.0625. The molecule has 0 aliphatic carbocycles. The maximum Gasteiger partial charge on any atom is 0.308 e. The summed E-state index contributed by atoms with van der Waals surface area (Å²) in [5.74, 6) is 0.345. The van der Waals surface area contributed by atoms with Crippen molar-refractivity contribution < 1.29 is 19.1 Å². The summed E-state index contributed by atoms with van der Waals surface area (Å²) in [6.45, 7) is 1.31. The Morgan fingerprint density at radius 2 is 2.00 bits per heavy atom. The minimum absolute atomic E-state index is 0.198. The fourth-order valence-corrected chi connectivity index (χ4v) is 2.01. The summed E-state index contributed by atoms with van der Waals surface area (Å²) >= 11 is 0. The van der Waals surface area contributed by atoms with E-state index in [1.54, 1.807) is 42.7 Å². The van der Waals surface area contributed by atoms with Gasteiger partial charge in [-0.3, -0.25) is 14.6 Å². The topological polar surface area (TPSA) is 65.5 Å². The van der Waals surface area contributed by atoms with Crippen molar-refractivity contribution in [1.29, 1.82) is 0 Å². The third-order valence-corrected chi connectivity index (χ3v) is 2.91. The Labute approximate surface area is 120 Å². The molecule has 104 valence electrons. The number of nitrogens with zero attached hydrogens (tertiary/aromatic N) is 1. The molecule has 0 saturated heterocycles. The summed E-state index contributed by atoms with van der Waals surface area (Å²) in [6, 6.07) is 8.23. The molecule has 1 aromatic carbocycles. The van der Waals surface area contributed by atoms with Gasteiger partial charge in [0.25, 0.3) is 0 Å². The molecular weight excluding hydrogens is 270 g/mol. The Bertz CT molecular complexity index is 750. The fourth-order valence-electron chi connectivity index (χ4n) is 2.01. The van der Waals surface area contributed by atoms with Crippen molar-refractivity contribution in [1.82, 2.24) is 4.98 Å². The summed E-state index contributed by atoms with van der Waals surface area (Å²) < 4.78 is 10.5. The van der Waals surface area contributed by atoms with Gasteiger partial charge in [0.2, 0.25) is 5.78 Å². The number of Topliss-reactive ketones (excluding diaryl/α,β-unsaturated/α-hetero) is 1. The molecule has 5 nitrogen and oxygen atoms in total. The number of pyridine rings is 1. The molecule has 1 aliphatic heterocycles. The van der Waals surface area contributed by atoms with E-state index < -0.39 is 5.97 Å². The normalized spacial score (nSPS) is 14.7. The summed E-state index contributed by atoms with van der Waals surface area (Å²) in [4.78, 5) is 27.1. The van der Waals surface area contributed by atoms with E-state index in [1.807, 2.05) is 0 Å². The predicted molar refractivity (Wildman–Crippen MR) is 74.9 cm³/mol. The SMILES string of the molecule is CC(=O)Oc1ccc2c(c1)OC(=Cc1ccncc1)C2=O. The Morgan fingerprint density at radius 3 is 2.71 bits per heavy atom. The van der Waals surface area contributed by atoms with Crippen molar-refractivity contribution >= 4 is 17.8 Å². The second-order valence-corrected chi connectivity index (χ2v) is 4.47. The molecule has 5 heteroatoms. The molecule has 0 amide bonds. The van der Waals surface area contributed by atoms with Gasteiger partial charge in [-0.1, -0.05) is 0 Å². The van der Waals surface area contributed by atoms with Gasteiger partial charge in [-0.2, -0.15) is 0 Å². The lowest BCUT2D eigenvalue weighted by molar-refractivity contribution is -0.131. The van der Waals surface area contributed by atoms with Crippen LogP contribution in [0.3, 0.4) is 0 Å². The molecule has 2 aromatic rings. The van der Waals surface area contributed by atoms with Crippen LogP contribution in [-0.2, 0) is 4.79 Å². The standard InChI is InChI=1S/C16H11NO4/c1-10(18)20-12-2-3-13-14(9-12)21-15(16(13)19)8-11-4-6-17-7-5-11/h2-9H,1H3. The number of carbonyl (C=O) groups excluding carboxylic acids is 2. The third kappa shape index (κ3) is 2.67. The molecule has 0 fully saturated rings. The summed E-state index contributed by atoms with van der Waals surface area (Å²) in [5, 5.41) is 0. The highest BCUT2D eigenvalue weighted by Gasteiger charge is 2.27. The Balaban J connectivity index is 1.91. The van der Waals surface area contributed by atoms with Gasteiger partial charge in [-0.15, -0.1) is 0 Å². The Morgan fingerprint density at radius 1 is 1.24 bits per heavy atom. The number of esters is 1.